The zero-order valence-electron chi connectivity index (χ0n) is 10.3. The lowest BCUT2D eigenvalue weighted by atomic mass is 10.3. The van der Waals surface area contributed by atoms with Gasteiger partial charge < -0.3 is 9.88 Å². The summed E-state index contributed by atoms with van der Waals surface area (Å²) in [7, 11) is -1.32. The van der Waals surface area contributed by atoms with E-state index in [1.165, 1.54) is 6.26 Å². The van der Waals surface area contributed by atoms with Gasteiger partial charge in [0.05, 0.1) is 29.1 Å². The second kappa shape index (κ2) is 4.81. The number of nitrogens with zero attached hydrogens (tertiary/aromatic N) is 2. The maximum Gasteiger partial charge on any atom is 0.177 e. The number of rotatable bonds is 4. The van der Waals surface area contributed by atoms with Crippen LogP contribution in [-0.2, 0) is 23.4 Å². The van der Waals surface area contributed by atoms with E-state index in [0.717, 1.165) is 5.69 Å². The van der Waals surface area contributed by atoms with E-state index in [9.17, 15) is 8.42 Å². The molecular weight excluding hydrogens is 250 g/mol. The number of hydrogen-bond acceptors (Lipinski definition) is 4. The Morgan fingerprint density at radius 3 is 2.67 bits per heavy atom. The van der Waals surface area contributed by atoms with Gasteiger partial charge in [-0.1, -0.05) is 12.1 Å². The quantitative estimate of drug-likeness (QED) is 0.908. The summed E-state index contributed by atoms with van der Waals surface area (Å²) in [6, 6.07) is 6.87. The smallest absolute Gasteiger partial charge is 0.177 e. The van der Waals surface area contributed by atoms with Gasteiger partial charge in [0.2, 0.25) is 0 Å². The van der Waals surface area contributed by atoms with Crippen molar-refractivity contribution in [3.05, 3.63) is 42.5 Å². The summed E-state index contributed by atoms with van der Waals surface area (Å²) >= 11 is 0. The number of benzene rings is 1. The zero-order chi connectivity index (χ0) is 13.2. The molecule has 0 aliphatic heterocycles. The monoisotopic (exact) mass is 265 g/mol. The Morgan fingerprint density at radius 2 is 2.06 bits per heavy atom. The predicted octanol–water partition coefficient (Wildman–Crippen LogP) is 1.44. The van der Waals surface area contributed by atoms with Gasteiger partial charge in [0.25, 0.3) is 0 Å². The highest BCUT2D eigenvalue weighted by molar-refractivity contribution is 7.90. The Kier molecular flexibility index (Phi) is 3.38. The summed E-state index contributed by atoms with van der Waals surface area (Å²) in [6.07, 6.45) is 4.66. The fourth-order valence-corrected chi connectivity index (χ4v) is 2.54. The summed E-state index contributed by atoms with van der Waals surface area (Å²) in [5.41, 5.74) is 1.60. The molecule has 0 bridgehead atoms. The van der Waals surface area contributed by atoms with Crippen LogP contribution < -0.4 is 5.32 Å². The van der Waals surface area contributed by atoms with Gasteiger partial charge in [-0.3, -0.25) is 0 Å². The molecule has 6 heteroatoms. The first-order valence-corrected chi connectivity index (χ1v) is 7.36. The lowest BCUT2D eigenvalue weighted by Crippen LogP contribution is -2.08. The number of nitrogens with one attached hydrogen (secondary N) is 1. The largest absolute Gasteiger partial charge is 0.378 e. The molecule has 5 nitrogen and oxygen atoms in total. The highest BCUT2D eigenvalue weighted by Gasteiger charge is 2.12. The SMILES string of the molecule is Cn1cncc1CNc1ccccc1S(C)(=O)=O. The van der Waals surface area contributed by atoms with Crippen molar-refractivity contribution in [1.29, 1.82) is 0 Å². The molecule has 2 rings (SSSR count). The molecule has 96 valence electrons. The van der Waals surface area contributed by atoms with Crippen LogP contribution in [0.4, 0.5) is 5.69 Å². The molecule has 18 heavy (non-hydrogen) atoms. The van der Waals surface area contributed by atoms with Gasteiger partial charge in [0.1, 0.15) is 0 Å². The minimum atomic E-state index is -3.22. The maximum atomic E-state index is 11.6. The van der Waals surface area contributed by atoms with Crippen molar-refractivity contribution in [2.75, 3.05) is 11.6 Å². The van der Waals surface area contributed by atoms with E-state index in [1.54, 1.807) is 36.8 Å². The van der Waals surface area contributed by atoms with E-state index in [-0.39, 0.29) is 0 Å². The Labute approximate surface area is 106 Å². The normalized spacial score (nSPS) is 11.4. The van der Waals surface area contributed by atoms with Crippen molar-refractivity contribution in [2.45, 2.75) is 11.4 Å². The molecule has 0 spiro atoms. The van der Waals surface area contributed by atoms with Crippen LogP contribution >= 0.6 is 0 Å². The topological polar surface area (TPSA) is 64.0 Å². The molecule has 1 aromatic heterocycles. The minimum Gasteiger partial charge on any atom is -0.378 e. The summed E-state index contributed by atoms with van der Waals surface area (Å²) in [5.74, 6) is 0. The lowest BCUT2D eigenvalue weighted by Gasteiger charge is -2.10. The maximum absolute atomic E-state index is 11.6. The molecule has 1 heterocycles. The molecule has 1 N–H and O–H groups in total. The van der Waals surface area contributed by atoms with Gasteiger partial charge in [-0.15, -0.1) is 0 Å². The van der Waals surface area contributed by atoms with Crippen LogP contribution in [0.25, 0.3) is 0 Å². The lowest BCUT2D eigenvalue weighted by molar-refractivity contribution is 0.602. The van der Waals surface area contributed by atoms with Gasteiger partial charge in [0, 0.05) is 19.5 Å². The Morgan fingerprint density at radius 1 is 1.33 bits per heavy atom. The first kappa shape index (κ1) is 12.6. The molecule has 0 radical (unpaired) electrons. The molecule has 0 unspecified atom stereocenters. The highest BCUT2D eigenvalue weighted by Crippen LogP contribution is 2.21. The highest BCUT2D eigenvalue weighted by atomic mass is 32.2. The first-order chi connectivity index (χ1) is 8.48. The molecule has 0 saturated carbocycles. The molecule has 0 amide bonds. The molecule has 0 fully saturated rings. The summed E-state index contributed by atoms with van der Waals surface area (Å²) in [4.78, 5) is 4.32. The molecule has 0 saturated heterocycles. The number of aryl methyl sites for hydroxylation is 1. The van der Waals surface area contributed by atoms with Gasteiger partial charge in [-0.05, 0) is 12.1 Å². The third kappa shape index (κ3) is 2.70. The van der Waals surface area contributed by atoms with Crippen LogP contribution in [0, 0.1) is 0 Å². The number of imidazole rings is 1. The van der Waals surface area contributed by atoms with Crippen LogP contribution in [0.15, 0.2) is 41.7 Å². The van der Waals surface area contributed by atoms with Gasteiger partial charge in [0.15, 0.2) is 9.84 Å². The average Bonchev–Trinajstić information content (AvgIpc) is 2.71. The van der Waals surface area contributed by atoms with Crippen LogP contribution in [-0.4, -0.2) is 24.2 Å². The molecule has 0 aliphatic carbocycles. The summed E-state index contributed by atoms with van der Waals surface area (Å²) in [5, 5.41) is 3.12. The van der Waals surface area contributed by atoms with Crippen molar-refractivity contribution in [3.63, 3.8) is 0 Å². The fraction of sp³-hybridized carbons (Fsp3) is 0.250. The third-order valence-electron chi connectivity index (χ3n) is 2.66. The molecule has 1 aromatic carbocycles. The fourth-order valence-electron chi connectivity index (χ4n) is 1.68. The second-order valence-corrected chi connectivity index (χ2v) is 6.10. The summed E-state index contributed by atoms with van der Waals surface area (Å²) < 4.78 is 25.1. The average molecular weight is 265 g/mol. The number of aromatic nitrogens is 2. The van der Waals surface area contributed by atoms with E-state index < -0.39 is 9.84 Å². The molecular formula is C12H15N3O2S. The Hall–Kier alpha value is -1.82. The van der Waals surface area contributed by atoms with Crippen molar-refractivity contribution >= 4 is 15.5 Å². The first-order valence-electron chi connectivity index (χ1n) is 5.46. The van der Waals surface area contributed by atoms with Gasteiger partial charge >= 0.3 is 0 Å². The number of hydrogen-bond donors (Lipinski definition) is 1. The van der Waals surface area contributed by atoms with Crippen molar-refractivity contribution in [1.82, 2.24) is 9.55 Å². The third-order valence-corrected chi connectivity index (χ3v) is 3.82. The van der Waals surface area contributed by atoms with E-state index in [2.05, 4.69) is 10.3 Å². The van der Waals surface area contributed by atoms with Crippen LogP contribution in [0.1, 0.15) is 5.69 Å². The molecule has 0 atom stereocenters. The van der Waals surface area contributed by atoms with E-state index in [0.29, 0.717) is 17.1 Å². The molecule has 0 aliphatic rings. The van der Waals surface area contributed by atoms with Crippen LogP contribution in [0.2, 0.25) is 0 Å². The second-order valence-electron chi connectivity index (χ2n) is 4.12. The van der Waals surface area contributed by atoms with Crippen LogP contribution in [0.5, 0.6) is 0 Å². The Bertz CT molecular complexity index is 647. The van der Waals surface area contributed by atoms with E-state index in [4.69, 9.17) is 0 Å². The van der Waals surface area contributed by atoms with E-state index >= 15 is 0 Å². The van der Waals surface area contributed by atoms with Gasteiger partial charge in [-0.25, -0.2) is 13.4 Å². The van der Waals surface area contributed by atoms with Crippen molar-refractivity contribution in [3.8, 4) is 0 Å². The number of para-hydroxylation sites is 1. The Balaban J connectivity index is 2.23. The van der Waals surface area contributed by atoms with Gasteiger partial charge in [-0.2, -0.15) is 0 Å². The van der Waals surface area contributed by atoms with Crippen LogP contribution in [0.3, 0.4) is 0 Å². The molecule has 2 aromatic rings. The minimum absolute atomic E-state index is 0.312. The number of sulfone groups is 1. The van der Waals surface area contributed by atoms with Crippen molar-refractivity contribution in [2.24, 2.45) is 7.05 Å². The zero-order valence-corrected chi connectivity index (χ0v) is 11.1. The summed E-state index contributed by atoms with van der Waals surface area (Å²) in [6.45, 7) is 0.531. The number of anilines is 1. The standard InChI is InChI=1S/C12H15N3O2S/c1-15-9-13-7-10(15)8-14-11-5-3-4-6-12(11)18(2,16)17/h3-7,9,14H,8H2,1-2H3. The van der Waals surface area contributed by atoms with Crippen molar-refractivity contribution < 1.29 is 8.42 Å². The van der Waals surface area contributed by atoms with E-state index in [1.807, 2.05) is 11.6 Å². The predicted molar refractivity (Wildman–Crippen MR) is 70.1 cm³/mol.